The van der Waals surface area contributed by atoms with Crippen molar-refractivity contribution in [1.82, 2.24) is 0 Å². The van der Waals surface area contributed by atoms with E-state index >= 15 is 0 Å². The predicted molar refractivity (Wildman–Crippen MR) is 78.2 cm³/mol. The van der Waals surface area contributed by atoms with Crippen LogP contribution in [0.25, 0.3) is 6.08 Å². The third kappa shape index (κ3) is 2.58. The Hall–Kier alpha value is -2.14. The summed E-state index contributed by atoms with van der Waals surface area (Å²) in [5, 5.41) is 0. The Morgan fingerprint density at radius 1 is 1.15 bits per heavy atom. The second-order valence-electron chi connectivity index (χ2n) is 4.29. The molecule has 0 N–H and O–H groups in total. The number of aliphatic imine (C=N–C) groups is 1. The first-order valence-corrected chi connectivity index (χ1v) is 6.76. The second-order valence-corrected chi connectivity index (χ2v) is 5.21. The zero-order valence-electron chi connectivity index (χ0n) is 10.6. The molecule has 0 atom stereocenters. The molecule has 100 valence electrons. The average molecular weight is 332 g/mol. The Morgan fingerprint density at radius 3 is 2.55 bits per heavy atom. The molecule has 0 saturated heterocycles. The number of carbonyl (C=O) groups is 1. The number of hydrogen-bond donors (Lipinski definition) is 0. The van der Waals surface area contributed by atoms with Gasteiger partial charge in [0.05, 0.1) is 0 Å². The van der Waals surface area contributed by atoms with Crippen LogP contribution in [0.2, 0.25) is 0 Å². The molecule has 0 unspecified atom stereocenters. The van der Waals surface area contributed by atoms with Gasteiger partial charge < -0.3 is 9.15 Å². The highest BCUT2D eigenvalue weighted by molar-refractivity contribution is 9.10. The van der Waals surface area contributed by atoms with E-state index in [4.69, 9.17) is 9.15 Å². The van der Waals surface area contributed by atoms with Crippen molar-refractivity contribution in [3.05, 3.63) is 63.7 Å². The molecule has 0 saturated carbocycles. The van der Waals surface area contributed by atoms with Gasteiger partial charge in [0.2, 0.25) is 5.90 Å². The van der Waals surface area contributed by atoms with Crippen molar-refractivity contribution in [2.45, 2.75) is 6.92 Å². The molecular weight excluding hydrogens is 322 g/mol. The maximum absolute atomic E-state index is 11.8. The lowest BCUT2D eigenvalue weighted by Crippen LogP contribution is -2.05. The quantitative estimate of drug-likeness (QED) is 0.622. The van der Waals surface area contributed by atoms with Crippen molar-refractivity contribution in [1.29, 1.82) is 0 Å². The largest absolute Gasteiger partial charge is 0.462 e. The molecule has 4 nitrogen and oxygen atoms in total. The summed E-state index contributed by atoms with van der Waals surface area (Å²) in [4.78, 5) is 16.0. The first kappa shape index (κ1) is 12.9. The highest BCUT2D eigenvalue weighted by atomic mass is 79.9. The van der Waals surface area contributed by atoms with E-state index in [-0.39, 0.29) is 5.70 Å². The molecule has 0 bridgehead atoms. The predicted octanol–water partition coefficient (Wildman–Crippen LogP) is 3.70. The van der Waals surface area contributed by atoms with Gasteiger partial charge in [0.15, 0.2) is 5.70 Å². The molecule has 0 amide bonds. The van der Waals surface area contributed by atoms with Crippen LogP contribution in [0.5, 0.6) is 0 Å². The first-order chi connectivity index (χ1) is 9.61. The van der Waals surface area contributed by atoms with Crippen molar-refractivity contribution in [3.63, 3.8) is 0 Å². The Kier molecular flexibility index (Phi) is 3.28. The fourth-order valence-corrected chi connectivity index (χ4v) is 2.06. The Balaban J connectivity index is 1.92. The van der Waals surface area contributed by atoms with Crippen LogP contribution >= 0.6 is 15.9 Å². The molecule has 2 aromatic rings. The summed E-state index contributed by atoms with van der Waals surface area (Å²) in [6.45, 7) is 1.84. The highest BCUT2D eigenvalue weighted by Crippen LogP contribution is 2.21. The minimum atomic E-state index is -0.475. The summed E-state index contributed by atoms with van der Waals surface area (Å²) in [7, 11) is 0. The number of carbonyl (C=O) groups excluding carboxylic acids is 1. The Morgan fingerprint density at radius 2 is 1.90 bits per heavy atom. The number of halogens is 1. The van der Waals surface area contributed by atoms with Gasteiger partial charge in [-0.25, -0.2) is 9.79 Å². The summed E-state index contributed by atoms with van der Waals surface area (Å²) in [5.74, 6) is 1.18. The van der Waals surface area contributed by atoms with E-state index in [1.165, 1.54) is 0 Å². The Bertz CT molecular complexity index is 726. The van der Waals surface area contributed by atoms with Crippen LogP contribution in [-0.4, -0.2) is 11.9 Å². The lowest BCUT2D eigenvalue weighted by molar-refractivity contribution is -0.129. The highest BCUT2D eigenvalue weighted by Gasteiger charge is 2.24. The molecule has 0 spiro atoms. The van der Waals surface area contributed by atoms with Crippen LogP contribution in [0, 0.1) is 6.92 Å². The maximum atomic E-state index is 11.8. The number of hydrogen-bond acceptors (Lipinski definition) is 4. The van der Waals surface area contributed by atoms with E-state index in [1.54, 1.807) is 12.1 Å². The number of esters is 1. The van der Waals surface area contributed by atoms with Gasteiger partial charge in [0, 0.05) is 16.1 Å². The number of furan rings is 1. The maximum Gasteiger partial charge on any atom is 0.363 e. The van der Waals surface area contributed by atoms with Crippen LogP contribution in [0.4, 0.5) is 0 Å². The van der Waals surface area contributed by atoms with Gasteiger partial charge in [0.25, 0.3) is 0 Å². The monoisotopic (exact) mass is 331 g/mol. The minimum Gasteiger partial charge on any atom is -0.462 e. The van der Waals surface area contributed by atoms with Crippen LogP contribution in [0.15, 0.2) is 56.0 Å². The normalized spacial score (nSPS) is 16.4. The lowest BCUT2D eigenvalue weighted by Gasteiger charge is -1.98. The fraction of sp³-hybridized carbons (Fsp3) is 0.0667. The molecule has 20 heavy (non-hydrogen) atoms. The van der Waals surface area contributed by atoms with Gasteiger partial charge >= 0.3 is 5.97 Å². The molecule has 5 heteroatoms. The molecule has 0 fully saturated rings. The van der Waals surface area contributed by atoms with Gasteiger partial charge in [-0.3, -0.25) is 0 Å². The number of nitrogens with zero attached hydrogens (tertiary/aromatic N) is 1. The molecule has 1 aliphatic rings. The molecule has 0 radical (unpaired) electrons. The standard InChI is InChI=1S/C15H10BrNO3/c1-9-2-7-12(19-9)8-13-15(18)20-14(17-13)10-3-5-11(16)6-4-10/h2-8H,1H3/b13-8-. The summed E-state index contributed by atoms with van der Waals surface area (Å²) in [6, 6.07) is 11.0. The molecule has 3 rings (SSSR count). The Labute approximate surface area is 123 Å². The van der Waals surface area contributed by atoms with E-state index < -0.39 is 5.97 Å². The molecule has 0 aliphatic carbocycles. The van der Waals surface area contributed by atoms with Crippen molar-refractivity contribution < 1.29 is 13.9 Å². The number of rotatable bonds is 2. The van der Waals surface area contributed by atoms with E-state index in [0.717, 1.165) is 15.8 Å². The number of benzene rings is 1. The molecule has 1 aliphatic heterocycles. The van der Waals surface area contributed by atoms with Crippen LogP contribution in [0.3, 0.4) is 0 Å². The molecule has 1 aromatic carbocycles. The minimum absolute atomic E-state index is 0.234. The lowest BCUT2D eigenvalue weighted by atomic mass is 10.2. The van der Waals surface area contributed by atoms with Crippen LogP contribution in [-0.2, 0) is 9.53 Å². The third-order valence-corrected chi connectivity index (χ3v) is 3.28. The average Bonchev–Trinajstić information content (AvgIpc) is 2.98. The topological polar surface area (TPSA) is 51.8 Å². The molecular formula is C15H10BrNO3. The number of cyclic esters (lactones) is 1. The van der Waals surface area contributed by atoms with Crippen LogP contribution in [0.1, 0.15) is 17.1 Å². The van der Waals surface area contributed by atoms with Crippen LogP contribution < -0.4 is 0 Å². The fourth-order valence-electron chi connectivity index (χ4n) is 1.79. The molecule has 1 aromatic heterocycles. The number of ether oxygens (including phenoxy) is 1. The summed E-state index contributed by atoms with van der Waals surface area (Å²) in [5.41, 5.74) is 0.984. The van der Waals surface area contributed by atoms with E-state index in [1.807, 2.05) is 37.3 Å². The van der Waals surface area contributed by atoms with Gasteiger partial charge in [-0.2, -0.15) is 0 Å². The smallest absolute Gasteiger partial charge is 0.363 e. The van der Waals surface area contributed by atoms with Crippen molar-refractivity contribution in [2.75, 3.05) is 0 Å². The van der Waals surface area contributed by atoms with Crippen molar-refractivity contribution in [2.24, 2.45) is 4.99 Å². The molecule has 2 heterocycles. The van der Waals surface area contributed by atoms with Gasteiger partial charge in [-0.05, 0) is 43.3 Å². The van der Waals surface area contributed by atoms with E-state index in [2.05, 4.69) is 20.9 Å². The van der Waals surface area contributed by atoms with E-state index in [0.29, 0.717) is 11.7 Å². The van der Waals surface area contributed by atoms with Crippen molar-refractivity contribution >= 4 is 33.9 Å². The second kappa shape index (κ2) is 5.09. The van der Waals surface area contributed by atoms with Gasteiger partial charge in [0.1, 0.15) is 11.5 Å². The first-order valence-electron chi connectivity index (χ1n) is 5.97. The SMILES string of the molecule is Cc1ccc(/C=C2\N=C(c3ccc(Br)cc3)OC2=O)o1. The van der Waals surface area contributed by atoms with E-state index in [9.17, 15) is 4.79 Å². The van der Waals surface area contributed by atoms with Gasteiger partial charge in [-0.1, -0.05) is 15.9 Å². The number of aryl methyl sites for hydroxylation is 1. The summed E-state index contributed by atoms with van der Waals surface area (Å²) in [6.07, 6.45) is 1.57. The summed E-state index contributed by atoms with van der Waals surface area (Å²) < 4.78 is 11.5. The summed E-state index contributed by atoms with van der Waals surface area (Å²) >= 11 is 3.35. The third-order valence-electron chi connectivity index (χ3n) is 2.75. The zero-order valence-corrected chi connectivity index (χ0v) is 12.2. The van der Waals surface area contributed by atoms with Gasteiger partial charge in [-0.15, -0.1) is 0 Å². The van der Waals surface area contributed by atoms with Crippen molar-refractivity contribution in [3.8, 4) is 0 Å². The zero-order chi connectivity index (χ0) is 14.1.